The van der Waals surface area contributed by atoms with E-state index in [1.807, 2.05) is 0 Å². The van der Waals surface area contributed by atoms with Crippen LogP contribution < -0.4 is 0 Å². The topological polar surface area (TPSA) is 26.3 Å². The molecule has 0 saturated carbocycles. The third-order valence-corrected chi connectivity index (χ3v) is 3.51. The van der Waals surface area contributed by atoms with Crippen molar-refractivity contribution in [1.29, 1.82) is 0 Å². The van der Waals surface area contributed by atoms with Crippen molar-refractivity contribution in [3.63, 3.8) is 0 Å². The lowest BCUT2D eigenvalue weighted by Gasteiger charge is -2.11. The molecule has 2 rings (SSSR count). The maximum absolute atomic E-state index is 12.7. The molecule has 2 aromatic rings. The molecule has 0 amide bonds. The number of methoxy groups -OCH3 is 1. The van der Waals surface area contributed by atoms with Crippen LogP contribution in [0.3, 0.4) is 0 Å². The van der Waals surface area contributed by atoms with Crippen molar-refractivity contribution in [2.24, 2.45) is 0 Å². The summed E-state index contributed by atoms with van der Waals surface area (Å²) in [5.41, 5.74) is 1.24. The molecule has 0 fully saturated rings. The number of carbonyl (C=O) groups is 1. The highest BCUT2D eigenvalue weighted by Gasteiger charge is 2.30. The fourth-order valence-electron chi connectivity index (χ4n) is 2.04. The van der Waals surface area contributed by atoms with Crippen molar-refractivity contribution >= 4 is 18.6 Å². The second kappa shape index (κ2) is 6.44. The van der Waals surface area contributed by atoms with Gasteiger partial charge in [-0.1, -0.05) is 30.3 Å². The van der Waals surface area contributed by atoms with E-state index in [9.17, 15) is 18.0 Å². The fraction of sp³-hybridized carbons (Fsp3) is 0.188. The Bertz CT molecular complexity index is 696. The van der Waals surface area contributed by atoms with E-state index in [-0.39, 0.29) is 17.3 Å². The first-order valence-electron chi connectivity index (χ1n) is 6.37. The molecule has 0 unspecified atom stereocenters. The predicted octanol–water partition coefficient (Wildman–Crippen LogP) is 4.38. The van der Waals surface area contributed by atoms with E-state index in [1.54, 1.807) is 24.3 Å². The normalized spacial score (nSPS) is 11.3. The van der Waals surface area contributed by atoms with E-state index in [0.717, 1.165) is 17.7 Å². The average Bonchev–Trinajstić information content (AvgIpc) is 2.46. The van der Waals surface area contributed by atoms with Gasteiger partial charge >= 0.3 is 12.1 Å². The third-order valence-electron chi connectivity index (χ3n) is 3.14. The standard InChI is InChI=1S/C16H13F3O2S/c1-21-15(20)8-10-3-2-4-11(7-10)13-6-5-12(9-14(13)22)16(17,18)19/h2-7,9,22H,8H2,1H3. The van der Waals surface area contributed by atoms with Crippen LogP contribution in [-0.2, 0) is 22.1 Å². The lowest BCUT2D eigenvalue weighted by Crippen LogP contribution is -2.05. The smallest absolute Gasteiger partial charge is 0.416 e. The molecule has 2 nitrogen and oxygen atoms in total. The summed E-state index contributed by atoms with van der Waals surface area (Å²) in [7, 11) is 1.30. The van der Waals surface area contributed by atoms with E-state index in [2.05, 4.69) is 17.4 Å². The zero-order chi connectivity index (χ0) is 16.3. The van der Waals surface area contributed by atoms with Gasteiger partial charge in [-0.2, -0.15) is 13.2 Å². The molecule has 0 heterocycles. The summed E-state index contributed by atoms with van der Waals surface area (Å²) in [6.07, 6.45) is -4.30. The molecular weight excluding hydrogens is 313 g/mol. The Morgan fingerprint density at radius 3 is 2.50 bits per heavy atom. The van der Waals surface area contributed by atoms with Gasteiger partial charge < -0.3 is 4.74 Å². The van der Waals surface area contributed by atoms with Crippen LogP contribution in [0.2, 0.25) is 0 Å². The molecule has 0 N–H and O–H groups in total. The number of alkyl halides is 3. The summed E-state index contributed by atoms with van der Waals surface area (Å²) in [5, 5.41) is 0. The van der Waals surface area contributed by atoms with Gasteiger partial charge in [-0.05, 0) is 28.8 Å². The van der Waals surface area contributed by atoms with Crippen molar-refractivity contribution < 1.29 is 22.7 Å². The second-order valence-electron chi connectivity index (χ2n) is 4.68. The number of esters is 1. The number of benzene rings is 2. The number of ether oxygens (including phenoxy) is 1. The largest absolute Gasteiger partial charge is 0.469 e. The molecule has 0 aromatic heterocycles. The lowest BCUT2D eigenvalue weighted by molar-refractivity contribution is -0.140. The van der Waals surface area contributed by atoms with Crippen molar-refractivity contribution in [1.82, 2.24) is 0 Å². The van der Waals surface area contributed by atoms with E-state index in [0.29, 0.717) is 11.1 Å². The monoisotopic (exact) mass is 326 g/mol. The molecule has 0 aliphatic rings. The summed E-state index contributed by atoms with van der Waals surface area (Å²) in [6.45, 7) is 0. The SMILES string of the molecule is COC(=O)Cc1cccc(-c2ccc(C(F)(F)F)cc2S)c1. The van der Waals surface area contributed by atoms with Gasteiger partial charge in [-0.3, -0.25) is 4.79 Å². The van der Waals surface area contributed by atoms with Crippen LogP contribution in [0.25, 0.3) is 11.1 Å². The Labute approximate surface area is 131 Å². The van der Waals surface area contributed by atoms with Crippen LogP contribution in [0.4, 0.5) is 13.2 Å². The van der Waals surface area contributed by atoms with Crippen molar-refractivity contribution in [2.75, 3.05) is 7.11 Å². The lowest BCUT2D eigenvalue weighted by atomic mass is 10.0. The molecule has 0 spiro atoms. The third kappa shape index (κ3) is 3.82. The van der Waals surface area contributed by atoms with E-state index >= 15 is 0 Å². The van der Waals surface area contributed by atoms with Crippen LogP contribution >= 0.6 is 12.6 Å². The highest BCUT2D eigenvalue weighted by atomic mass is 32.1. The number of hydrogen-bond donors (Lipinski definition) is 1. The van der Waals surface area contributed by atoms with Gasteiger partial charge in [0.1, 0.15) is 0 Å². The van der Waals surface area contributed by atoms with Crippen molar-refractivity contribution in [2.45, 2.75) is 17.5 Å². The molecule has 6 heteroatoms. The van der Waals surface area contributed by atoms with Crippen molar-refractivity contribution in [3.8, 4) is 11.1 Å². The van der Waals surface area contributed by atoms with E-state index < -0.39 is 11.7 Å². The van der Waals surface area contributed by atoms with E-state index in [4.69, 9.17) is 0 Å². The minimum atomic E-state index is -4.40. The van der Waals surface area contributed by atoms with Gasteiger partial charge in [0.05, 0.1) is 19.1 Å². The number of hydrogen-bond acceptors (Lipinski definition) is 3. The molecule has 22 heavy (non-hydrogen) atoms. The quantitative estimate of drug-likeness (QED) is 0.669. The van der Waals surface area contributed by atoms with Gasteiger partial charge in [0.2, 0.25) is 0 Å². The minimum absolute atomic E-state index is 0.104. The second-order valence-corrected chi connectivity index (χ2v) is 5.16. The van der Waals surface area contributed by atoms with Crippen LogP contribution in [0, 0.1) is 0 Å². The van der Waals surface area contributed by atoms with Gasteiger partial charge in [0.15, 0.2) is 0 Å². The summed E-state index contributed by atoms with van der Waals surface area (Å²) in [5.74, 6) is -0.379. The summed E-state index contributed by atoms with van der Waals surface area (Å²) in [4.78, 5) is 11.5. The van der Waals surface area contributed by atoms with Gasteiger partial charge in [-0.25, -0.2) is 0 Å². The maximum atomic E-state index is 12.7. The van der Waals surface area contributed by atoms with Crippen LogP contribution in [-0.4, -0.2) is 13.1 Å². The van der Waals surface area contributed by atoms with Crippen LogP contribution in [0.1, 0.15) is 11.1 Å². The highest BCUT2D eigenvalue weighted by molar-refractivity contribution is 7.80. The molecule has 0 aliphatic carbocycles. The van der Waals surface area contributed by atoms with Crippen LogP contribution in [0.5, 0.6) is 0 Å². The first kappa shape index (κ1) is 16.4. The zero-order valence-corrected chi connectivity index (χ0v) is 12.5. The number of carbonyl (C=O) groups excluding carboxylic acids is 1. The first-order valence-corrected chi connectivity index (χ1v) is 6.82. The molecule has 0 atom stereocenters. The van der Waals surface area contributed by atoms with Crippen LogP contribution in [0.15, 0.2) is 47.4 Å². The molecule has 0 radical (unpaired) electrons. The summed E-state index contributed by atoms with van der Waals surface area (Å²) in [6, 6.07) is 10.4. The zero-order valence-electron chi connectivity index (χ0n) is 11.6. The summed E-state index contributed by atoms with van der Waals surface area (Å²) >= 11 is 4.14. The Morgan fingerprint density at radius 1 is 1.18 bits per heavy atom. The minimum Gasteiger partial charge on any atom is -0.469 e. The van der Waals surface area contributed by atoms with E-state index in [1.165, 1.54) is 13.2 Å². The fourth-order valence-corrected chi connectivity index (χ4v) is 2.38. The Kier molecular flexibility index (Phi) is 4.81. The first-order chi connectivity index (χ1) is 10.3. The summed E-state index contributed by atoms with van der Waals surface area (Å²) < 4.78 is 42.6. The Balaban J connectivity index is 2.36. The molecule has 116 valence electrons. The molecule has 0 aliphatic heterocycles. The van der Waals surface area contributed by atoms with Gasteiger partial charge in [-0.15, -0.1) is 12.6 Å². The number of rotatable bonds is 3. The van der Waals surface area contributed by atoms with Gasteiger partial charge in [0.25, 0.3) is 0 Å². The molecular formula is C16H13F3O2S. The average molecular weight is 326 g/mol. The molecule has 2 aromatic carbocycles. The maximum Gasteiger partial charge on any atom is 0.416 e. The Hall–Kier alpha value is -1.95. The predicted molar refractivity (Wildman–Crippen MR) is 79.9 cm³/mol. The molecule has 0 bridgehead atoms. The highest BCUT2D eigenvalue weighted by Crippen LogP contribution is 2.35. The number of halogens is 3. The van der Waals surface area contributed by atoms with Gasteiger partial charge in [0, 0.05) is 4.90 Å². The Morgan fingerprint density at radius 2 is 1.91 bits per heavy atom. The van der Waals surface area contributed by atoms with Crippen molar-refractivity contribution in [3.05, 3.63) is 53.6 Å². The number of thiol groups is 1. The molecule has 0 saturated heterocycles.